The summed E-state index contributed by atoms with van der Waals surface area (Å²) >= 11 is 0. The minimum atomic E-state index is -0.368. The van der Waals surface area contributed by atoms with Crippen LogP contribution in [0, 0.1) is 13.8 Å². The molecule has 0 radical (unpaired) electrons. The maximum atomic E-state index is 12.1. The third-order valence-corrected chi connectivity index (χ3v) is 4.63. The standard InChI is InChI=1S/C23H21N3O2/c1-16-7-10-18(11-8-16)14-26-15-19(20-5-3-4-6-21(20)26)13-24-25-23(27)22-12-9-17(2)28-22/h3-13,15H,14H2,1-2H3,(H,25,27)/b24-13-. The molecule has 1 N–H and O–H groups in total. The van der Waals surface area contributed by atoms with E-state index < -0.39 is 0 Å². The van der Waals surface area contributed by atoms with Gasteiger partial charge in [0.15, 0.2) is 5.76 Å². The molecule has 2 heterocycles. The molecule has 0 bridgehead atoms. The number of benzene rings is 2. The Kier molecular flexibility index (Phi) is 4.81. The van der Waals surface area contributed by atoms with Crippen LogP contribution in [0.2, 0.25) is 0 Å². The van der Waals surface area contributed by atoms with Gasteiger partial charge in [-0.05, 0) is 37.6 Å². The molecule has 28 heavy (non-hydrogen) atoms. The van der Waals surface area contributed by atoms with Crippen LogP contribution >= 0.6 is 0 Å². The average molecular weight is 371 g/mol. The van der Waals surface area contributed by atoms with Crippen molar-refractivity contribution < 1.29 is 9.21 Å². The second kappa shape index (κ2) is 7.56. The van der Waals surface area contributed by atoms with Gasteiger partial charge >= 0.3 is 5.91 Å². The normalized spacial score (nSPS) is 11.4. The molecule has 0 aliphatic carbocycles. The van der Waals surface area contributed by atoms with Crippen LogP contribution < -0.4 is 5.43 Å². The van der Waals surface area contributed by atoms with Crippen molar-refractivity contribution in [3.05, 3.63) is 95.1 Å². The van der Waals surface area contributed by atoms with E-state index in [1.54, 1.807) is 25.3 Å². The molecule has 0 aliphatic rings. The van der Waals surface area contributed by atoms with Crippen molar-refractivity contribution in [2.75, 3.05) is 0 Å². The molecule has 2 aromatic heterocycles. The number of nitrogens with one attached hydrogen (secondary N) is 1. The van der Waals surface area contributed by atoms with Gasteiger partial charge in [-0.15, -0.1) is 0 Å². The van der Waals surface area contributed by atoms with Crippen molar-refractivity contribution in [3.8, 4) is 0 Å². The number of hydrogen-bond donors (Lipinski definition) is 1. The molecule has 0 saturated heterocycles. The minimum Gasteiger partial charge on any atom is -0.456 e. The first-order valence-corrected chi connectivity index (χ1v) is 9.13. The molecular formula is C23H21N3O2. The molecule has 1 amide bonds. The molecule has 0 atom stereocenters. The van der Waals surface area contributed by atoms with Gasteiger partial charge in [0.25, 0.3) is 0 Å². The average Bonchev–Trinajstić information content (AvgIpc) is 3.28. The van der Waals surface area contributed by atoms with Gasteiger partial charge in [-0.2, -0.15) is 5.10 Å². The number of furan rings is 1. The van der Waals surface area contributed by atoms with Crippen molar-refractivity contribution in [2.24, 2.45) is 5.10 Å². The first-order chi connectivity index (χ1) is 13.6. The number of hydrazone groups is 1. The summed E-state index contributed by atoms with van der Waals surface area (Å²) in [7, 11) is 0. The lowest BCUT2D eigenvalue weighted by Crippen LogP contribution is -2.16. The van der Waals surface area contributed by atoms with Gasteiger partial charge in [-0.1, -0.05) is 48.0 Å². The Bertz CT molecular complexity index is 1150. The Balaban J connectivity index is 1.57. The Hall–Kier alpha value is -3.60. The summed E-state index contributed by atoms with van der Waals surface area (Å²) in [6.07, 6.45) is 3.72. The molecule has 2 aromatic carbocycles. The quantitative estimate of drug-likeness (QED) is 0.410. The number of carbonyl (C=O) groups excluding carboxylic acids is 1. The summed E-state index contributed by atoms with van der Waals surface area (Å²) in [6.45, 7) is 4.65. The van der Waals surface area contributed by atoms with Gasteiger partial charge in [0, 0.05) is 29.2 Å². The smallest absolute Gasteiger partial charge is 0.307 e. The topological polar surface area (TPSA) is 59.5 Å². The second-order valence-corrected chi connectivity index (χ2v) is 6.82. The van der Waals surface area contributed by atoms with Crippen LogP contribution in [-0.4, -0.2) is 16.7 Å². The fraction of sp³-hybridized carbons (Fsp3) is 0.130. The maximum absolute atomic E-state index is 12.1. The molecule has 5 nitrogen and oxygen atoms in total. The van der Waals surface area contributed by atoms with Crippen LogP contribution in [0.25, 0.3) is 10.9 Å². The number of rotatable bonds is 5. The summed E-state index contributed by atoms with van der Waals surface area (Å²) in [5.41, 5.74) is 7.06. The Morgan fingerprint density at radius 1 is 1.07 bits per heavy atom. The molecule has 0 unspecified atom stereocenters. The highest BCUT2D eigenvalue weighted by Crippen LogP contribution is 2.21. The van der Waals surface area contributed by atoms with Gasteiger partial charge in [0.2, 0.25) is 0 Å². The predicted molar refractivity (Wildman–Crippen MR) is 111 cm³/mol. The molecular weight excluding hydrogens is 350 g/mol. The SMILES string of the molecule is Cc1ccc(Cn2cc(/C=N\NC(=O)c3ccc(C)o3)c3ccccc32)cc1. The highest BCUT2D eigenvalue weighted by Gasteiger charge is 2.10. The Morgan fingerprint density at radius 2 is 1.86 bits per heavy atom. The number of para-hydroxylation sites is 1. The largest absolute Gasteiger partial charge is 0.456 e. The number of fused-ring (bicyclic) bond motifs is 1. The molecule has 0 aliphatic heterocycles. The van der Waals surface area contributed by atoms with E-state index in [0.717, 1.165) is 23.0 Å². The van der Waals surface area contributed by atoms with Crippen molar-refractivity contribution in [1.82, 2.24) is 9.99 Å². The maximum Gasteiger partial charge on any atom is 0.307 e. The van der Waals surface area contributed by atoms with Crippen molar-refractivity contribution in [1.29, 1.82) is 0 Å². The van der Waals surface area contributed by atoms with E-state index in [9.17, 15) is 4.79 Å². The molecule has 4 aromatic rings. The first-order valence-electron chi connectivity index (χ1n) is 9.13. The van der Waals surface area contributed by atoms with E-state index in [-0.39, 0.29) is 11.7 Å². The lowest BCUT2D eigenvalue weighted by Gasteiger charge is -2.06. The first kappa shape index (κ1) is 17.8. The van der Waals surface area contributed by atoms with Crippen LogP contribution in [0.15, 0.2) is 76.4 Å². The van der Waals surface area contributed by atoms with Gasteiger partial charge in [0.1, 0.15) is 5.76 Å². The highest BCUT2D eigenvalue weighted by molar-refractivity contribution is 6.00. The molecule has 0 fully saturated rings. The summed E-state index contributed by atoms with van der Waals surface area (Å²) in [5, 5.41) is 5.20. The van der Waals surface area contributed by atoms with Gasteiger partial charge in [-0.25, -0.2) is 5.43 Å². The summed E-state index contributed by atoms with van der Waals surface area (Å²) in [6, 6.07) is 20.1. The molecule has 5 heteroatoms. The summed E-state index contributed by atoms with van der Waals surface area (Å²) in [4.78, 5) is 12.1. The van der Waals surface area contributed by atoms with Crippen LogP contribution in [0.1, 0.15) is 33.0 Å². The van der Waals surface area contributed by atoms with E-state index in [1.165, 1.54) is 11.1 Å². The lowest BCUT2D eigenvalue weighted by atomic mass is 10.1. The Morgan fingerprint density at radius 3 is 2.61 bits per heavy atom. The lowest BCUT2D eigenvalue weighted by molar-refractivity contribution is 0.0926. The monoisotopic (exact) mass is 371 g/mol. The summed E-state index contributed by atoms with van der Waals surface area (Å²) < 4.78 is 7.50. The van der Waals surface area contributed by atoms with Crippen LogP contribution in [0.3, 0.4) is 0 Å². The number of aromatic nitrogens is 1. The fourth-order valence-corrected chi connectivity index (χ4v) is 3.17. The van der Waals surface area contributed by atoms with Gasteiger partial charge in [0.05, 0.1) is 6.21 Å². The fourth-order valence-electron chi connectivity index (χ4n) is 3.17. The van der Waals surface area contributed by atoms with Gasteiger partial charge < -0.3 is 8.98 Å². The number of amides is 1. The van der Waals surface area contributed by atoms with Crippen LogP contribution in [0.5, 0.6) is 0 Å². The number of carbonyl (C=O) groups is 1. The van der Waals surface area contributed by atoms with E-state index in [2.05, 4.69) is 64.6 Å². The van der Waals surface area contributed by atoms with E-state index in [1.807, 2.05) is 12.1 Å². The molecule has 4 rings (SSSR count). The molecule has 0 saturated carbocycles. The van der Waals surface area contributed by atoms with Crippen LogP contribution in [-0.2, 0) is 6.54 Å². The van der Waals surface area contributed by atoms with E-state index >= 15 is 0 Å². The third-order valence-electron chi connectivity index (χ3n) is 4.63. The van der Waals surface area contributed by atoms with Crippen molar-refractivity contribution in [2.45, 2.75) is 20.4 Å². The predicted octanol–water partition coefficient (Wildman–Crippen LogP) is 4.66. The minimum absolute atomic E-state index is 0.247. The molecule has 0 spiro atoms. The number of aryl methyl sites for hydroxylation is 2. The van der Waals surface area contributed by atoms with Crippen molar-refractivity contribution in [3.63, 3.8) is 0 Å². The molecule has 140 valence electrons. The zero-order valence-corrected chi connectivity index (χ0v) is 15.8. The van der Waals surface area contributed by atoms with Gasteiger partial charge in [-0.3, -0.25) is 4.79 Å². The third kappa shape index (κ3) is 3.74. The van der Waals surface area contributed by atoms with Crippen LogP contribution in [0.4, 0.5) is 0 Å². The van der Waals surface area contributed by atoms with E-state index in [4.69, 9.17) is 4.42 Å². The Labute approximate surface area is 163 Å². The number of hydrogen-bond acceptors (Lipinski definition) is 3. The zero-order valence-electron chi connectivity index (χ0n) is 15.8. The number of nitrogens with zero attached hydrogens (tertiary/aromatic N) is 2. The highest BCUT2D eigenvalue weighted by atomic mass is 16.3. The second-order valence-electron chi connectivity index (χ2n) is 6.82. The summed E-state index contributed by atoms with van der Waals surface area (Å²) in [5.74, 6) is 0.567. The van der Waals surface area contributed by atoms with E-state index in [0.29, 0.717) is 5.76 Å². The van der Waals surface area contributed by atoms with Crippen molar-refractivity contribution >= 4 is 23.0 Å². The zero-order chi connectivity index (χ0) is 19.5.